The summed E-state index contributed by atoms with van der Waals surface area (Å²) in [5.41, 5.74) is 9.30. The molecule has 0 spiro atoms. The van der Waals surface area contributed by atoms with Crippen LogP contribution in [0, 0.1) is 0 Å². The highest BCUT2D eigenvalue weighted by molar-refractivity contribution is 6.90. The van der Waals surface area contributed by atoms with Crippen molar-refractivity contribution in [3.05, 3.63) is 51.3 Å². The first kappa shape index (κ1) is 20.9. The van der Waals surface area contributed by atoms with Crippen LogP contribution in [-0.4, -0.2) is 28.7 Å². The third kappa shape index (κ3) is 2.93. The molecule has 2 aliphatic rings. The maximum atomic E-state index is 13.6. The van der Waals surface area contributed by atoms with Gasteiger partial charge in [0.25, 0.3) is 5.56 Å². The Morgan fingerprint density at radius 1 is 1.22 bits per heavy atom. The number of pyridine rings is 2. The topological polar surface area (TPSA) is 107 Å². The van der Waals surface area contributed by atoms with Crippen LogP contribution in [0.4, 0.5) is 5.69 Å². The maximum Gasteiger partial charge on any atom is 0.309 e. The Hall–Kier alpha value is -2.97. The van der Waals surface area contributed by atoms with E-state index in [0.717, 1.165) is 22.2 Å². The number of cyclic esters (lactones) is 1. The molecule has 2 aliphatic heterocycles. The lowest BCUT2D eigenvalue weighted by Gasteiger charge is -2.26. The zero-order valence-electron chi connectivity index (χ0n) is 18.8. The van der Waals surface area contributed by atoms with Crippen LogP contribution in [0.1, 0.15) is 36.5 Å². The van der Waals surface area contributed by atoms with Crippen molar-refractivity contribution in [3.63, 3.8) is 0 Å². The molecule has 32 heavy (non-hydrogen) atoms. The number of esters is 1. The van der Waals surface area contributed by atoms with E-state index in [-0.39, 0.29) is 18.6 Å². The lowest BCUT2D eigenvalue weighted by atomic mass is 9.85. The Morgan fingerprint density at radius 2 is 1.97 bits per heavy atom. The number of ether oxygens (including phenoxy) is 1. The van der Waals surface area contributed by atoms with Gasteiger partial charge in [0, 0.05) is 11.1 Å². The molecule has 0 aliphatic carbocycles. The molecule has 0 bridgehead atoms. The Labute approximate surface area is 186 Å². The average molecular weight is 450 g/mol. The molecule has 1 unspecified atom stereocenters. The maximum absolute atomic E-state index is 13.6. The van der Waals surface area contributed by atoms with Crippen molar-refractivity contribution in [3.8, 4) is 11.4 Å². The zero-order valence-corrected chi connectivity index (χ0v) is 19.8. The number of hydrogen-bond acceptors (Lipinski definition) is 6. The van der Waals surface area contributed by atoms with E-state index in [1.165, 1.54) is 5.19 Å². The largest absolute Gasteiger partial charge is 0.460 e. The molecule has 1 atom stereocenters. The standard InChI is InChI=1S/C24H27N3O4Si/c1-5-24(30)10-20(28)31-12-16-17(24)9-19-21-15(11-27(19)23(16)29)22(32(2,3)4)14-8-13(25)6-7-18(14)26-21/h6-9,30H,5,10-12,25H2,1-4H3. The average Bonchev–Trinajstić information content (AvgIpc) is 3.01. The molecule has 4 heterocycles. The number of nitrogens with zero attached hydrogens (tertiary/aromatic N) is 2. The number of benzene rings is 1. The summed E-state index contributed by atoms with van der Waals surface area (Å²) in [6.07, 6.45) is 0.131. The number of aromatic nitrogens is 2. The second-order valence-electron chi connectivity index (χ2n) is 9.88. The summed E-state index contributed by atoms with van der Waals surface area (Å²) in [5, 5.41) is 13.6. The van der Waals surface area contributed by atoms with Gasteiger partial charge in [-0.25, -0.2) is 4.98 Å². The van der Waals surface area contributed by atoms with Crippen molar-refractivity contribution >= 4 is 35.8 Å². The van der Waals surface area contributed by atoms with Crippen molar-refractivity contribution in [2.75, 3.05) is 5.73 Å². The highest BCUT2D eigenvalue weighted by atomic mass is 28.3. The second-order valence-corrected chi connectivity index (χ2v) is 14.9. The van der Waals surface area contributed by atoms with Crippen molar-refractivity contribution in [2.45, 2.75) is 58.2 Å². The number of rotatable bonds is 2. The molecule has 0 radical (unpaired) electrons. The monoisotopic (exact) mass is 449 g/mol. The number of fused-ring (bicyclic) bond motifs is 5. The van der Waals surface area contributed by atoms with E-state index in [2.05, 4.69) is 19.6 Å². The zero-order chi connectivity index (χ0) is 23.0. The number of carbonyl (C=O) groups is 1. The number of hydrogen-bond donors (Lipinski definition) is 2. The minimum absolute atomic E-state index is 0.126. The SMILES string of the molecule is CCC1(O)CC(=O)OCc2c1cc1n(c2=O)Cc2c-1nc1ccc(N)cc1c2[Si](C)(C)C. The van der Waals surface area contributed by atoms with Crippen LogP contribution in [-0.2, 0) is 28.3 Å². The Bertz CT molecular complexity index is 1370. The molecule has 5 rings (SSSR count). The van der Waals surface area contributed by atoms with Gasteiger partial charge in [0.05, 0.1) is 43.5 Å². The molecule has 3 N–H and O–H groups in total. The van der Waals surface area contributed by atoms with E-state index < -0.39 is 19.6 Å². The van der Waals surface area contributed by atoms with E-state index >= 15 is 0 Å². The van der Waals surface area contributed by atoms with Crippen LogP contribution in [0.3, 0.4) is 0 Å². The summed E-state index contributed by atoms with van der Waals surface area (Å²) in [6, 6.07) is 7.59. The fraction of sp³-hybridized carbons (Fsp3) is 0.375. The first-order valence-electron chi connectivity index (χ1n) is 10.9. The van der Waals surface area contributed by atoms with Gasteiger partial charge in [0.2, 0.25) is 0 Å². The molecule has 2 aromatic heterocycles. The predicted octanol–water partition coefficient (Wildman–Crippen LogP) is 2.60. The summed E-state index contributed by atoms with van der Waals surface area (Å²) < 4.78 is 6.97. The molecule has 1 aromatic carbocycles. The van der Waals surface area contributed by atoms with Crippen molar-refractivity contribution in [2.24, 2.45) is 0 Å². The third-order valence-electron chi connectivity index (χ3n) is 6.72. The smallest absolute Gasteiger partial charge is 0.309 e. The van der Waals surface area contributed by atoms with Crippen LogP contribution in [0.15, 0.2) is 29.1 Å². The quantitative estimate of drug-likeness (QED) is 0.277. The van der Waals surface area contributed by atoms with Crippen molar-refractivity contribution in [1.29, 1.82) is 0 Å². The Morgan fingerprint density at radius 3 is 2.66 bits per heavy atom. The van der Waals surface area contributed by atoms with Crippen LogP contribution in [0.25, 0.3) is 22.3 Å². The molecule has 0 amide bonds. The summed E-state index contributed by atoms with van der Waals surface area (Å²) in [5.74, 6) is -0.502. The molecule has 7 nitrogen and oxygen atoms in total. The number of nitrogens with two attached hydrogens (primary N) is 1. The van der Waals surface area contributed by atoms with E-state index in [4.69, 9.17) is 15.5 Å². The van der Waals surface area contributed by atoms with Gasteiger partial charge in [-0.15, -0.1) is 0 Å². The van der Waals surface area contributed by atoms with Crippen molar-refractivity contribution < 1.29 is 14.6 Å². The van der Waals surface area contributed by atoms with Gasteiger partial charge in [-0.1, -0.05) is 26.6 Å². The molecule has 3 aromatic rings. The predicted molar refractivity (Wildman–Crippen MR) is 127 cm³/mol. The molecule has 166 valence electrons. The van der Waals surface area contributed by atoms with Gasteiger partial charge < -0.3 is 20.1 Å². The fourth-order valence-electron chi connectivity index (χ4n) is 5.15. The minimum Gasteiger partial charge on any atom is -0.460 e. The van der Waals surface area contributed by atoms with Gasteiger partial charge in [-0.05, 0) is 47.0 Å². The first-order valence-corrected chi connectivity index (χ1v) is 14.4. The van der Waals surface area contributed by atoms with Crippen LogP contribution >= 0.6 is 0 Å². The molecule has 8 heteroatoms. The van der Waals surface area contributed by atoms with Crippen LogP contribution in [0.2, 0.25) is 19.6 Å². The van der Waals surface area contributed by atoms with Gasteiger partial charge in [-0.3, -0.25) is 9.59 Å². The molecule has 0 saturated carbocycles. The van der Waals surface area contributed by atoms with Gasteiger partial charge >= 0.3 is 5.97 Å². The third-order valence-corrected chi connectivity index (χ3v) is 8.79. The lowest BCUT2D eigenvalue weighted by molar-refractivity contribution is -0.149. The van der Waals surface area contributed by atoms with E-state index in [0.29, 0.717) is 35.5 Å². The Kier molecular flexibility index (Phi) is 4.42. The lowest BCUT2D eigenvalue weighted by Crippen LogP contribution is -2.41. The molecule has 0 saturated heterocycles. The highest BCUT2D eigenvalue weighted by Gasteiger charge is 2.40. The summed E-state index contributed by atoms with van der Waals surface area (Å²) in [4.78, 5) is 30.6. The van der Waals surface area contributed by atoms with E-state index in [9.17, 15) is 14.7 Å². The number of aliphatic hydroxyl groups is 1. The van der Waals surface area contributed by atoms with Gasteiger partial charge in [0.1, 0.15) is 12.2 Å². The second kappa shape index (κ2) is 6.76. The van der Waals surface area contributed by atoms with Crippen molar-refractivity contribution in [1.82, 2.24) is 9.55 Å². The first-order chi connectivity index (χ1) is 15.0. The summed E-state index contributed by atoms with van der Waals surface area (Å²) >= 11 is 0. The van der Waals surface area contributed by atoms with Gasteiger partial charge in [-0.2, -0.15) is 0 Å². The fourth-order valence-corrected chi connectivity index (χ4v) is 7.26. The highest BCUT2D eigenvalue weighted by Crippen LogP contribution is 2.39. The Balaban J connectivity index is 1.85. The number of nitrogen functional groups attached to an aromatic ring is 1. The van der Waals surface area contributed by atoms with Crippen LogP contribution in [0.5, 0.6) is 0 Å². The van der Waals surface area contributed by atoms with Crippen LogP contribution < -0.4 is 16.5 Å². The van der Waals surface area contributed by atoms with E-state index in [1.54, 1.807) is 11.5 Å². The molecular weight excluding hydrogens is 422 g/mol. The summed E-state index contributed by atoms with van der Waals surface area (Å²) in [6.45, 7) is 8.93. The number of anilines is 1. The minimum atomic E-state index is -1.85. The molecule has 0 fully saturated rings. The summed E-state index contributed by atoms with van der Waals surface area (Å²) in [7, 11) is -1.85. The molecular formula is C24H27N3O4Si. The number of carbonyl (C=O) groups excluding carboxylic acids is 1. The normalized spacial score (nSPS) is 19.8. The van der Waals surface area contributed by atoms with E-state index in [1.807, 2.05) is 24.3 Å². The van der Waals surface area contributed by atoms with Gasteiger partial charge in [0.15, 0.2) is 0 Å².